The zero-order valence-corrected chi connectivity index (χ0v) is 13.6. The molecule has 0 fully saturated rings. The second-order valence-electron chi connectivity index (χ2n) is 4.76. The summed E-state index contributed by atoms with van der Waals surface area (Å²) in [6, 6.07) is 9.21. The van der Waals surface area contributed by atoms with Crippen molar-refractivity contribution >= 4 is 23.2 Å². The van der Waals surface area contributed by atoms with E-state index in [-0.39, 0.29) is 17.4 Å². The SMILES string of the molecule is C=CC(=O)Nc1c(Cl)n(CC#Cc2ccccc2)c(=O)n(C)c1=O. The van der Waals surface area contributed by atoms with Crippen molar-refractivity contribution in [2.45, 2.75) is 6.54 Å². The van der Waals surface area contributed by atoms with Crippen LogP contribution in [-0.2, 0) is 18.4 Å². The molecule has 0 aliphatic rings. The van der Waals surface area contributed by atoms with Crippen molar-refractivity contribution in [2.24, 2.45) is 7.05 Å². The van der Waals surface area contributed by atoms with E-state index in [0.29, 0.717) is 0 Å². The van der Waals surface area contributed by atoms with Crippen molar-refractivity contribution in [3.05, 3.63) is 74.5 Å². The van der Waals surface area contributed by atoms with Gasteiger partial charge >= 0.3 is 5.69 Å². The number of carbonyl (C=O) groups is 1. The maximum Gasteiger partial charge on any atom is 0.332 e. The molecule has 0 saturated carbocycles. The van der Waals surface area contributed by atoms with Gasteiger partial charge in [0.15, 0.2) is 0 Å². The van der Waals surface area contributed by atoms with Crippen LogP contribution >= 0.6 is 11.6 Å². The van der Waals surface area contributed by atoms with Gasteiger partial charge < -0.3 is 5.32 Å². The zero-order valence-electron chi connectivity index (χ0n) is 12.9. The fourth-order valence-electron chi connectivity index (χ4n) is 1.90. The predicted octanol–water partition coefficient (Wildman–Crippen LogP) is 1.38. The average molecular weight is 344 g/mol. The zero-order chi connectivity index (χ0) is 17.7. The molecule has 0 radical (unpaired) electrons. The fourth-order valence-corrected chi connectivity index (χ4v) is 2.16. The molecule has 1 N–H and O–H groups in total. The number of amides is 1. The largest absolute Gasteiger partial charge is 0.332 e. The number of benzene rings is 1. The third kappa shape index (κ3) is 3.65. The van der Waals surface area contributed by atoms with E-state index in [1.807, 2.05) is 30.3 Å². The maximum atomic E-state index is 12.2. The first-order valence-corrected chi connectivity index (χ1v) is 7.30. The van der Waals surface area contributed by atoms with Crippen LogP contribution in [0.25, 0.3) is 0 Å². The molecule has 0 spiro atoms. The van der Waals surface area contributed by atoms with Gasteiger partial charge in [-0.25, -0.2) is 4.79 Å². The molecule has 0 unspecified atom stereocenters. The number of aromatic nitrogens is 2. The maximum absolute atomic E-state index is 12.2. The summed E-state index contributed by atoms with van der Waals surface area (Å²) < 4.78 is 1.96. The molecule has 1 aromatic carbocycles. The molecule has 0 bridgehead atoms. The van der Waals surface area contributed by atoms with Crippen molar-refractivity contribution in [1.29, 1.82) is 0 Å². The Balaban J connectivity index is 2.45. The summed E-state index contributed by atoms with van der Waals surface area (Å²) in [5.74, 6) is 5.11. The number of nitrogens with zero attached hydrogens (tertiary/aromatic N) is 2. The standard InChI is InChI=1S/C17H14ClN3O3/c1-3-13(22)19-14-15(18)21(17(24)20(2)16(14)23)11-7-10-12-8-5-4-6-9-12/h3-6,8-9H,1,11H2,2H3,(H,19,22). The van der Waals surface area contributed by atoms with Crippen LogP contribution in [0.2, 0.25) is 5.15 Å². The Hall–Kier alpha value is -3.04. The van der Waals surface area contributed by atoms with Crippen molar-refractivity contribution in [1.82, 2.24) is 9.13 Å². The fraction of sp³-hybridized carbons (Fsp3) is 0.118. The molecule has 1 aromatic heterocycles. The van der Waals surface area contributed by atoms with Gasteiger partial charge in [0.2, 0.25) is 5.91 Å². The lowest BCUT2D eigenvalue weighted by Gasteiger charge is -2.11. The number of hydrogen-bond donors (Lipinski definition) is 1. The number of hydrogen-bond acceptors (Lipinski definition) is 3. The van der Waals surface area contributed by atoms with Crippen LogP contribution in [0.1, 0.15) is 5.56 Å². The Kier molecular flexibility index (Phi) is 5.40. The summed E-state index contributed by atoms with van der Waals surface area (Å²) in [7, 11) is 1.30. The molecular weight excluding hydrogens is 330 g/mol. The minimum atomic E-state index is -0.701. The van der Waals surface area contributed by atoms with Gasteiger partial charge in [-0.1, -0.05) is 48.2 Å². The van der Waals surface area contributed by atoms with Crippen LogP contribution < -0.4 is 16.6 Å². The molecule has 122 valence electrons. The van der Waals surface area contributed by atoms with E-state index in [1.165, 1.54) is 7.05 Å². The van der Waals surface area contributed by atoms with Crippen LogP contribution in [0.3, 0.4) is 0 Å². The number of nitrogens with one attached hydrogen (secondary N) is 1. The molecule has 1 heterocycles. The van der Waals surface area contributed by atoms with Crippen LogP contribution in [0.5, 0.6) is 0 Å². The van der Waals surface area contributed by atoms with E-state index in [9.17, 15) is 14.4 Å². The van der Waals surface area contributed by atoms with Crippen molar-refractivity contribution in [3.63, 3.8) is 0 Å². The quantitative estimate of drug-likeness (QED) is 0.520. The van der Waals surface area contributed by atoms with Gasteiger partial charge in [-0.2, -0.15) is 0 Å². The lowest BCUT2D eigenvalue weighted by Crippen LogP contribution is -2.40. The molecule has 0 saturated heterocycles. The molecule has 24 heavy (non-hydrogen) atoms. The van der Waals surface area contributed by atoms with E-state index in [0.717, 1.165) is 20.8 Å². The van der Waals surface area contributed by atoms with Gasteiger partial charge in [-0.05, 0) is 18.2 Å². The van der Waals surface area contributed by atoms with Gasteiger partial charge in [0, 0.05) is 12.6 Å². The van der Waals surface area contributed by atoms with E-state index < -0.39 is 17.2 Å². The molecular formula is C17H14ClN3O3. The van der Waals surface area contributed by atoms with Gasteiger partial charge in [-0.15, -0.1) is 0 Å². The van der Waals surface area contributed by atoms with E-state index in [1.54, 1.807) is 0 Å². The highest BCUT2D eigenvalue weighted by Crippen LogP contribution is 2.15. The molecule has 0 aliphatic carbocycles. The highest BCUT2D eigenvalue weighted by Gasteiger charge is 2.16. The third-order valence-corrected chi connectivity index (χ3v) is 3.55. The number of anilines is 1. The summed E-state index contributed by atoms with van der Waals surface area (Å²) in [6.45, 7) is 3.28. The summed E-state index contributed by atoms with van der Waals surface area (Å²) in [5.41, 5.74) is -0.728. The highest BCUT2D eigenvalue weighted by molar-refractivity contribution is 6.32. The Bertz CT molecular complexity index is 963. The smallest absolute Gasteiger partial charge is 0.315 e. The molecule has 2 rings (SSSR count). The molecule has 2 aromatic rings. The van der Waals surface area contributed by atoms with Crippen LogP contribution in [0, 0.1) is 11.8 Å². The van der Waals surface area contributed by atoms with E-state index >= 15 is 0 Å². The Morgan fingerprint density at radius 1 is 1.33 bits per heavy atom. The van der Waals surface area contributed by atoms with Crippen molar-refractivity contribution < 1.29 is 4.79 Å². The van der Waals surface area contributed by atoms with Gasteiger partial charge in [-0.3, -0.25) is 18.7 Å². The Labute approximate surface area is 143 Å². The predicted molar refractivity (Wildman–Crippen MR) is 93.1 cm³/mol. The minimum Gasteiger partial charge on any atom is -0.315 e. The Morgan fingerprint density at radius 3 is 2.62 bits per heavy atom. The summed E-state index contributed by atoms with van der Waals surface area (Å²) in [4.78, 5) is 35.7. The molecule has 7 heteroatoms. The Morgan fingerprint density at radius 2 is 2.00 bits per heavy atom. The summed E-state index contributed by atoms with van der Waals surface area (Å²) >= 11 is 6.11. The second-order valence-corrected chi connectivity index (χ2v) is 5.12. The van der Waals surface area contributed by atoms with Crippen molar-refractivity contribution in [2.75, 3.05) is 5.32 Å². The van der Waals surface area contributed by atoms with Crippen LogP contribution in [0.15, 0.2) is 52.6 Å². The average Bonchev–Trinajstić information content (AvgIpc) is 2.60. The van der Waals surface area contributed by atoms with Gasteiger partial charge in [0.1, 0.15) is 10.8 Å². The normalized spacial score (nSPS) is 9.75. The molecule has 0 aliphatic heterocycles. The minimum absolute atomic E-state index is 0.0301. The van der Waals surface area contributed by atoms with E-state index in [2.05, 4.69) is 23.7 Å². The first-order chi connectivity index (χ1) is 11.5. The van der Waals surface area contributed by atoms with E-state index in [4.69, 9.17) is 11.6 Å². The first kappa shape index (κ1) is 17.3. The second kappa shape index (κ2) is 7.49. The van der Waals surface area contributed by atoms with Crippen LogP contribution in [-0.4, -0.2) is 15.0 Å². The molecule has 0 atom stereocenters. The van der Waals surface area contributed by atoms with Crippen molar-refractivity contribution in [3.8, 4) is 11.8 Å². The highest BCUT2D eigenvalue weighted by atomic mass is 35.5. The molecule has 6 nitrogen and oxygen atoms in total. The summed E-state index contributed by atoms with van der Waals surface area (Å²) in [6.07, 6.45) is 1.00. The molecule has 1 amide bonds. The number of carbonyl (C=O) groups excluding carboxylic acids is 1. The third-order valence-electron chi connectivity index (χ3n) is 3.16. The lowest BCUT2D eigenvalue weighted by atomic mass is 10.2. The van der Waals surface area contributed by atoms with Gasteiger partial charge in [0.25, 0.3) is 5.56 Å². The van der Waals surface area contributed by atoms with Gasteiger partial charge in [0.05, 0.1) is 6.54 Å². The lowest BCUT2D eigenvalue weighted by molar-refractivity contribution is -0.111. The number of halogens is 1. The first-order valence-electron chi connectivity index (χ1n) is 6.92. The summed E-state index contributed by atoms with van der Waals surface area (Å²) in [5, 5.41) is 2.13. The monoisotopic (exact) mass is 343 g/mol. The van der Waals surface area contributed by atoms with Crippen LogP contribution in [0.4, 0.5) is 5.69 Å². The number of rotatable bonds is 3. The topological polar surface area (TPSA) is 73.1 Å².